The molecule has 0 saturated heterocycles. The van der Waals surface area contributed by atoms with Crippen molar-refractivity contribution in [1.82, 2.24) is 20.6 Å². The molecule has 51 heavy (non-hydrogen) atoms. The second-order valence-electron chi connectivity index (χ2n) is 12.5. The molecule has 6 rings (SSSR count). The van der Waals surface area contributed by atoms with Crippen LogP contribution in [-0.4, -0.2) is 71.6 Å². The van der Waals surface area contributed by atoms with E-state index in [1.807, 2.05) is 0 Å². The summed E-state index contributed by atoms with van der Waals surface area (Å²) in [4.78, 5) is 46.2. The van der Waals surface area contributed by atoms with Gasteiger partial charge < -0.3 is 35.7 Å². The summed E-state index contributed by atoms with van der Waals surface area (Å²) < 4.78 is 75.2. The van der Waals surface area contributed by atoms with E-state index in [-0.39, 0.29) is 60.4 Å². The predicted octanol–water partition coefficient (Wildman–Crippen LogP) is 4.41. The molecule has 1 fully saturated rings. The Kier molecular flexibility index (Phi) is 9.46. The normalized spacial score (nSPS) is 17.9. The lowest BCUT2D eigenvalue weighted by Crippen LogP contribution is -2.52. The summed E-state index contributed by atoms with van der Waals surface area (Å²) in [5, 5.41) is 16.9. The van der Waals surface area contributed by atoms with E-state index < -0.39 is 53.2 Å². The molecule has 3 heterocycles. The van der Waals surface area contributed by atoms with Crippen molar-refractivity contribution in [2.45, 2.75) is 49.5 Å². The molecule has 1 aliphatic heterocycles. The molecule has 0 unspecified atom stereocenters. The lowest BCUT2D eigenvalue weighted by Gasteiger charge is -2.31. The number of carbonyl (C=O) groups is 3. The van der Waals surface area contributed by atoms with E-state index in [0.29, 0.717) is 16.7 Å². The molecule has 2 aliphatic rings. The predicted molar refractivity (Wildman–Crippen MR) is 173 cm³/mol. The van der Waals surface area contributed by atoms with E-state index in [9.17, 15) is 37.1 Å². The van der Waals surface area contributed by atoms with Crippen molar-refractivity contribution >= 4 is 28.8 Å². The maximum absolute atomic E-state index is 15.0. The first kappa shape index (κ1) is 35.3. The van der Waals surface area contributed by atoms with Gasteiger partial charge in [-0.1, -0.05) is 6.07 Å². The number of carbonyl (C=O) groups excluding carboxylic acids is 3. The fraction of sp³-hybridized carbons (Fsp3) is 0.343. The van der Waals surface area contributed by atoms with Crippen LogP contribution in [0.1, 0.15) is 47.8 Å². The number of primary amides is 1. The van der Waals surface area contributed by atoms with Gasteiger partial charge in [-0.2, -0.15) is 13.2 Å². The van der Waals surface area contributed by atoms with Crippen LogP contribution >= 0.6 is 0 Å². The number of aromatic nitrogens is 2. The maximum Gasteiger partial charge on any atom is 0.424 e. The Balaban J connectivity index is 1.35. The van der Waals surface area contributed by atoms with Crippen LogP contribution in [-0.2, 0) is 20.5 Å². The van der Waals surface area contributed by atoms with E-state index in [4.69, 9.17) is 15.2 Å². The number of nitrogens with one attached hydrogen (secondary N) is 2. The molecule has 3 amide bonds. The number of hydrogen-bond donors (Lipinski definition) is 4. The number of aliphatic hydroxyl groups is 1. The number of pyridine rings is 2. The minimum Gasteiger partial charge on any atom is -0.489 e. The molecule has 1 saturated carbocycles. The average Bonchev–Trinajstić information content (AvgIpc) is 3.85. The third kappa shape index (κ3) is 7.22. The Bertz CT molecular complexity index is 1990. The minimum atomic E-state index is -5.40. The van der Waals surface area contributed by atoms with E-state index in [1.165, 1.54) is 31.2 Å². The molecule has 5 N–H and O–H groups in total. The molecule has 2 aromatic heterocycles. The molecular weight excluding hydrogens is 678 g/mol. The van der Waals surface area contributed by atoms with Crippen LogP contribution < -0.4 is 25.8 Å². The minimum absolute atomic E-state index is 0.0244. The van der Waals surface area contributed by atoms with Gasteiger partial charge in [0.15, 0.2) is 0 Å². The van der Waals surface area contributed by atoms with Gasteiger partial charge in [0, 0.05) is 34.8 Å². The summed E-state index contributed by atoms with van der Waals surface area (Å²) in [7, 11) is 0. The SMILES string of the molecule is C[C@]1(C(=O)NCCCOC(N)=O)COc2c1cc([C@@](O)(CNC(=O)c1cc(OC3CC3)c3ncccc3c1)C(F)(F)F)nc2-c1ccc(F)cc1. The third-order valence-electron chi connectivity index (χ3n) is 8.69. The van der Waals surface area contributed by atoms with Crippen LogP contribution in [0.4, 0.5) is 22.4 Å². The molecule has 2 aromatic carbocycles. The van der Waals surface area contributed by atoms with Crippen molar-refractivity contribution in [1.29, 1.82) is 0 Å². The maximum atomic E-state index is 15.0. The van der Waals surface area contributed by atoms with Gasteiger partial charge in [-0.05, 0) is 74.7 Å². The summed E-state index contributed by atoms with van der Waals surface area (Å²) in [5.41, 5.74) is -0.966. The van der Waals surface area contributed by atoms with E-state index in [1.54, 1.807) is 18.3 Å². The van der Waals surface area contributed by atoms with Gasteiger partial charge in [0.05, 0.1) is 24.9 Å². The van der Waals surface area contributed by atoms with Gasteiger partial charge in [-0.25, -0.2) is 14.2 Å². The fourth-order valence-corrected chi connectivity index (χ4v) is 5.62. The second kappa shape index (κ2) is 13.7. The van der Waals surface area contributed by atoms with Crippen LogP contribution in [0, 0.1) is 5.82 Å². The standard InChI is InChI=1S/C35H33F4N5O7/c1-33(31(46)42-12-3-13-49-32(40)47)18-50-29-24(33)16-26(44-28(29)19-5-7-22(36)8-6-19)34(48,35(37,38)39)17-43-30(45)21-14-20-4-2-11-41-27(20)25(15-21)51-23-9-10-23/h2,4-8,11,14-16,23,48H,3,9-10,12-13,17-18H2,1H3,(H2,40,47)(H,42,46)(H,43,45)/t33-,34-/m0/s1. The molecule has 0 radical (unpaired) electrons. The highest BCUT2D eigenvalue weighted by Crippen LogP contribution is 2.48. The summed E-state index contributed by atoms with van der Waals surface area (Å²) in [6, 6.07) is 11.8. The van der Waals surface area contributed by atoms with E-state index in [0.717, 1.165) is 31.0 Å². The monoisotopic (exact) mass is 711 g/mol. The zero-order valence-electron chi connectivity index (χ0n) is 27.2. The van der Waals surface area contributed by atoms with Crippen LogP contribution in [0.5, 0.6) is 11.5 Å². The number of nitrogens with two attached hydrogens (primary N) is 1. The van der Waals surface area contributed by atoms with Crippen LogP contribution in [0.2, 0.25) is 0 Å². The molecule has 1 aliphatic carbocycles. The zero-order chi connectivity index (χ0) is 36.6. The number of hydrogen-bond acceptors (Lipinski definition) is 9. The molecule has 0 spiro atoms. The summed E-state index contributed by atoms with van der Waals surface area (Å²) >= 11 is 0. The van der Waals surface area contributed by atoms with Crippen molar-refractivity contribution < 1.29 is 51.3 Å². The zero-order valence-corrected chi connectivity index (χ0v) is 27.2. The van der Waals surface area contributed by atoms with Crippen molar-refractivity contribution in [3.8, 4) is 22.8 Å². The Labute approximate surface area is 288 Å². The molecule has 4 aromatic rings. The van der Waals surface area contributed by atoms with Gasteiger partial charge >= 0.3 is 12.3 Å². The van der Waals surface area contributed by atoms with Gasteiger partial charge in [0.1, 0.15) is 40.5 Å². The third-order valence-corrected chi connectivity index (χ3v) is 8.69. The highest BCUT2D eigenvalue weighted by atomic mass is 19.4. The van der Waals surface area contributed by atoms with Crippen molar-refractivity contribution in [2.75, 3.05) is 26.3 Å². The first-order valence-electron chi connectivity index (χ1n) is 16.0. The van der Waals surface area contributed by atoms with Gasteiger partial charge in [-0.15, -0.1) is 0 Å². The number of ether oxygens (including phenoxy) is 3. The number of fused-ring (bicyclic) bond motifs is 2. The molecule has 0 bridgehead atoms. The number of alkyl halides is 3. The first-order chi connectivity index (χ1) is 24.2. The van der Waals surface area contributed by atoms with Gasteiger partial charge in [0.2, 0.25) is 11.5 Å². The number of rotatable bonds is 12. The Morgan fingerprint density at radius 3 is 2.53 bits per heavy atom. The van der Waals surface area contributed by atoms with E-state index in [2.05, 4.69) is 25.3 Å². The number of amides is 3. The fourth-order valence-electron chi connectivity index (χ4n) is 5.62. The lowest BCUT2D eigenvalue weighted by molar-refractivity contribution is -0.265. The van der Waals surface area contributed by atoms with Crippen LogP contribution in [0.25, 0.3) is 22.2 Å². The van der Waals surface area contributed by atoms with Crippen molar-refractivity contribution in [2.24, 2.45) is 5.73 Å². The Hall–Kier alpha value is -5.51. The molecule has 2 atom stereocenters. The van der Waals surface area contributed by atoms with E-state index >= 15 is 0 Å². The number of benzene rings is 2. The number of halogens is 4. The topological polar surface area (TPSA) is 175 Å². The van der Waals surface area contributed by atoms with Gasteiger partial charge in [0.25, 0.3) is 5.91 Å². The Morgan fingerprint density at radius 1 is 1.10 bits per heavy atom. The highest BCUT2D eigenvalue weighted by molar-refractivity contribution is 6.00. The molecule has 12 nitrogen and oxygen atoms in total. The Morgan fingerprint density at radius 2 is 1.84 bits per heavy atom. The van der Waals surface area contributed by atoms with Crippen molar-refractivity contribution in [3.05, 3.63) is 83.4 Å². The highest BCUT2D eigenvalue weighted by Gasteiger charge is 2.58. The average molecular weight is 712 g/mol. The molecular formula is C35H33F4N5O7. The largest absolute Gasteiger partial charge is 0.489 e. The number of nitrogens with zero attached hydrogens (tertiary/aromatic N) is 2. The smallest absolute Gasteiger partial charge is 0.424 e. The summed E-state index contributed by atoms with van der Waals surface area (Å²) in [6.45, 7) is -0.295. The lowest BCUT2D eigenvalue weighted by atomic mass is 9.81. The first-order valence-corrected chi connectivity index (χ1v) is 16.0. The summed E-state index contributed by atoms with van der Waals surface area (Å²) in [6.07, 6.45) is -3.07. The molecule has 16 heteroatoms. The quantitative estimate of drug-likeness (QED) is 0.123. The second-order valence-corrected chi connectivity index (χ2v) is 12.5. The van der Waals surface area contributed by atoms with Crippen LogP contribution in [0.15, 0.2) is 60.8 Å². The van der Waals surface area contributed by atoms with Crippen molar-refractivity contribution in [3.63, 3.8) is 0 Å². The summed E-state index contributed by atoms with van der Waals surface area (Å²) in [5.74, 6) is -1.93. The molecule has 268 valence electrons. The van der Waals surface area contributed by atoms with Gasteiger partial charge in [-0.3, -0.25) is 14.6 Å². The van der Waals surface area contributed by atoms with Crippen LogP contribution in [0.3, 0.4) is 0 Å².